The van der Waals surface area contributed by atoms with Crippen molar-refractivity contribution in [3.05, 3.63) is 65.2 Å². The Morgan fingerprint density at radius 3 is 2.48 bits per heavy atom. The van der Waals surface area contributed by atoms with Crippen molar-refractivity contribution < 1.29 is 23.1 Å². The smallest absolute Gasteiger partial charge is 0.408 e. The molecule has 0 aliphatic rings. The van der Waals surface area contributed by atoms with Crippen LogP contribution in [0.4, 0.5) is 19.3 Å². The largest absolute Gasteiger partial charge is 0.445 e. The van der Waals surface area contributed by atoms with Gasteiger partial charge in [0, 0.05) is 16.8 Å². The van der Waals surface area contributed by atoms with Crippen LogP contribution >= 0.6 is 0 Å². The van der Waals surface area contributed by atoms with Gasteiger partial charge in [-0.05, 0) is 24.6 Å². The van der Waals surface area contributed by atoms with Gasteiger partial charge in [-0.1, -0.05) is 36.4 Å². The average Bonchev–Trinajstić information content (AvgIpc) is 2.60. The number of alkyl halides is 2. The summed E-state index contributed by atoms with van der Waals surface area (Å²) >= 11 is 0. The molecule has 0 fully saturated rings. The molecule has 0 saturated carbocycles. The van der Waals surface area contributed by atoms with Crippen molar-refractivity contribution >= 4 is 17.6 Å². The lowest BCUT2D eigenvalue weighted by atomic mass is 10.0. The molecule has 0 aromatic heterocycles. The summed E-state index contributed by atoms with van der Waals surface area (Å²) in [6, 6.07) is 11.5. The van der Waals surface area contributed by atoms with Crippen molar-refractivity contribution in [1.82, 2.24) is 5.32 Å². The van der Waals surface area contributed by atoms with Crippen LogP contribution in [0.25, 0.3) is 0 Å². The Labute approximate surface area is 143 Å². The molecule has 0 aliphatic heterocycles. The van der Waals surface area contributed by atoms with Crippen LogP contribution in [0, 0.1) is 0 Å². The molecule has 2 rings (SSSR count). The second-order valence-electron chi connectivity index (χ2n) is 5.44. The molecule has 3 N–H and O–H groups in total. The van der Waals surface area contributed by atoms with E-state index in [1.165, 1.54) is 13.0 Å². The van der Waals surface area contributed by atoms with Gasteiger partial charge in [0.05, 0.1) is 6.04 Å². The summed E-state index contributed by atoms with van der Waals surface area (Å²) in [6.07, 6.45) is -3.50. The van der Waals surface area contributed by atoms with Gasteiger partial charge in [0.15, 0.2) is 5.78 Å². The van der Waals surface area contributed by atoms with Crippen LogP contribution in [0.15, 0.2) is 48.5 Å². The van der Waals surface area contributed by atoms with E-state index in [-0.39, 0.29) is 23.4 Å². The van der Waals surface area contributed by atoms with Crippen LogP contribution in [-0.4, -0.2) is 17.9 Å². The van der Waals surface area contributed by atoms with Gasteiger partial charge in [0.2, 0.25) is 0 Å². The van der Waals surface area contributed by atoms with Crippen LogP contribution in [0.3, 0.4) is 0 Å². The lowest BCUT2D eigenvalue weighted by Gasteiger charge is -2.15. The van der Waals surface area contributed by atoms with Gasteiger partial charge >= 0.3 is 6.09 Å². The number of carbonyl (C=O) groups excluding carboxylic acids is 2. The molecule has 5 nitrogen and oxygen atoms in total. The molecule has 0 radical (unpaired) electrons. The Balaban J connectivity index is 1.98. The SMILES string of the molecule is C[C@H](NC(=O)OCc1ccccc1)C(=O)c1cc(C(F)F)ccc1N. The zero-order chi connectivity index (χ0) is 18.4. The second kappa shape index (κ2) is 8.23. The number of benzene rings is 2. The normalized spacial score (nSPS) is 11.8. The monoisotopic (exact) mass is 348 g/mol. The van der Waals surface area contributed by atoms with E-state index in [0.29, 0.717) is 0 Å². The number of rotatable bonds is 6. The summed E-state index contributed by atoms with van der Waals surface area (Å²) in [5.41, 5.74) is 6.18. The van der Waals surface area contributed by atoms with E-state index >= 15 is 0 Å². The summed E-state index contributed by atoms with van der Waals surface area (Å²) in [4.78, 5) is 24.1. The van der Waals surface area contributed by atoms with Crippen molar-refractivity contribution in [1.29, 1.82) is 0 Å². The maximum absolute atomic E-state index is 12.8. The third kappa shape index (κ3) is 5.00. The Morgan fingerprint density at radius 2 is 1.84 bits per heavy atom. The van der Waals surface area contributed by atoms with Crippen LogP contribution in [0.1, 0.15) is 34.8 Å². The van der Waals surface area contributed by atoms with Crippen molar-refractivity contribution in [2.45, 2.75) is 26.0 Å². The summed E-state index contributed by atoms with van der Waals surface area (Å²) in [6.45, 7) is 1.48. The third-order valence-corrected chi connectivity index (χ3v) is 3.54. The molecule has 2 aromatic carbocycles. The highest BCUT2D eigenvalue weighted by Gasteiger charge is 2.21. The Morgan fingerprint density at radius 1 is 1.16 bits per heavy atom. The number of ketones is 1. The number of alkyl carbamates (subject to hydrolysis) is 1. The van der Waals surface area contributed by atoms with E-state index in [9.17, 15) is 18.4 Å². The molecule has 0 saturated heterocycles. The quantitative estimate of drug-likeness (QED) is 0.616. The van der Waals surface area contributed by atoms with Crippen molar-refractivity contribution in [2.75, 3.05) is 5.73 Å². The Kier molecular flexibility index (Phi) is 6.05. The molecule has 0 aliphatic carbocycles. The maximum Gasteiger partial charge on any atom is 0.408 e. The summed E-state index contributed by atoms with van der Waals surface area (Å²) in [5.74, 6) is -0.573. The highest BCUT2D eigenvalue weighted by atomic mass is 19.3. The Hall–Kier alpha value is -2.96. The number of Topliss-reactive ketones (excluding diaryl/α,β-unsaturated/α-hetero) is 1. The maximum atomic E-state index is 12.8. The van der Waals surface area contributed by atoms with Gasteiger partial charge < -0.3 is 15.8 Å². The fourth-order valence-electron chi connectivity index (χ4n) is 2.16. The molecule has 7 heteroatoms. The summed E-state index contributed by atoms with van der Waals surface area (Å²) in [7, 11) is 0. The van der Waals surface area contributed by atoms with E-state index in [1.54, 1.807) is 12.1 Å². The number of nitrogens with two attached hydrogens (primary N) is 1. The molecule has 0 unspecified atom stereocenters. The third-order valence-electron chi connectivity index (χ3n) is 3.54. The molecular weight excluding hydrogens is 330 g/mol. The van der Waals surface area contributed by atoms with Gasteiger partial charge in [-0.15, -0.1) is 0 Å². The average molecular weight is 348 g/mol. The van der Waals surface area contributed by atoms with Crippen LogP contribution in [0.2, 0.25) is 0 Å². The van der Waals surface area contributed by atoms with Crippen molar-refractivity contribution in [3.63, 3.8) is 0 Å². The number of anilines is 1. The van der Waals surface area contributed by atoms with Gasteiger partial charge in [-0.3, -0.25) is 4.79 Å². The fraction of sp³-hybridized carbons (Fsp3) is 0.222. The minimum absolute atomic E-state index is 0.0522. The van der Waals surface area contributed by atoms with Crippen molar-refractivity contribution in [3.8, 4) is 0 Å². The molecule has 0 spiro atoms. The van der Waals surface area contributed by atoms with E-state index in [0.717, 1.165) is 17.7 Å². The number of amides is 1. The molecule has 1 atom stereocenters. The predicted octanol–water partition coefficient (Wildman–Crippen LogP) is 3.70. The lowest BCUT2D eigenvalue weighted by molar-refractivity contribution is 0.0927. The zero-order valence-corrected chi connectivity index (χ0v) is 13.5. The van der Waals surface area contributed by atoms with Crippen molar-refractivity contribution in [2.24, 2.45) is 0 Å². The first-order valence-corrected chi connectivity index (χ1v) is 7.57. The van der Waals surface area contributed by atoms with E-state index < -0.39 is 24.3 Å². The zero-order valence-electron chi connectivity index (χ0n) is 13.5. The molecule has 132 valence electrons. The lowest BCUT2D eigenvalue weighted by Crippen LogP contribution is -2.39. The van der Waals surface area contributed by atoms with Gasteiger partial charge in [-0.2, -0.15) is 0 Å². The molecular formula is C18H18F2N2O3. The highest BCUT2D eigenvalue weighted by Crippen LogP contribution is 2.24. The van der Waals surface area contributed by atoms with Gasteiger partial charge in [0.25, 0.3) is 6.43 Å². The first-order valence-electron chi connectivity index (χ1n) is 7.57. The van der Waals surface area contributed by atoms with Crippen LogP contribution in [-0.2, 0) is 11.3 Å². The first kappa shape index (κ1) is 18.4. The minimum Gasteiger partial charge on any atom is -0.445 e. The fourth-order valence-corrected chi connectivity index (χ4v) is 2.16. The second-order valence-corrected chi connectivity index (χ2v) is 5.44. The molecule has 25 heavy (non-hydrogen) atoms. The summed E-state index contributed by atoms with van der Waals surface area (Å²) in [5, 5.41) is 2.37. The van der Waals surface area contributed by atoms with E-state index in [4.69, 9.17) is 10.5 Å². The molecule has 0 heterocycles. The number of nitrogens with one attached hydrogen (secondary N) is 1. The number of nitrogen functional groups attached to an aromatic ring is 1. The number of halogens is 2. The summed E-state index contributed by atoms with van der Waals surface area (Å²) < 4.78 is 30.6. The van der Waals surface area contributed by atoms with Gasteiger partial charge in [-0.25, -0.2) is 13.6 Å². The van der Waals surface area contributed by atoms with Crippen LogP contribution < -0.4 is 11.1 Å². The minimum atomic E-state index is -2.72. The standard InChI is InChI=1S/C18H18F2N2O3/c1-11(22-18(24)25-10-12-5-3-2-4-6-12)16(23)14-9-13(17(19)20)7-8-15(14)21/h2-9,11,17H,10,21H2,1H3,(H,22,24)/t11-/m0/s1. The topological polar surface area (TPSA) is 81.4 Å². The highest BCUT2D eigenvalue weighted by molar-refractivity contribution is 6.05. The van der Waals surface area contributed by atoms with E-state index in [2.05, 4.69) is 5.32 Å². The molecule has 0 bridgehead atoms. The van der Waals surface area contributed by atoms with Crippen LogP contribution in [0.5, 0.6) is 0 Å². The van der Waals surface area contributed by atoms with E-state index in [1.807, 2.05) is 18.2 Å². The Bertz CT molecular complexity index is 751. The predicted molar refractivity (Wildman–Crippen MR) is 89.4 cm³/mol. The van der Waals surface area contributed by atoms with Gasteiger partial charge in [0.1, 0.15) is 6.61 Å². The molecule has 1 amide bonds. The first-order chi connectivity index (χ1) is 11.9. The number of hydrogen-bond donors (Lipinski definition) is 2. The molecule has 2 aromatic rings. The number of carbonyl (C=O) groups is 2. The number of hydrogen-bond acceptors (Lipinski definition) is 4. The number of ether oxygens (including phenoxy) is 1.